The second kappa shape index (κ2) is 20.3. The number of benzene rings is 6. The summed E-state index contributed by atoms with van der Waals surface area (Å²) in [4.78, 5) is 0. The zero-order chi connectivity index (χ0) is 38.4. The van der Waals surface area contributed by atoms with Crippen molar-refractivity contribution in [3.05, 3.63) is 214 Å². The molecule has 5 atom stereocenters. The minimum Gasteiger partial charge on any atom is -0.392 e. The Labute approximate surface area is 331 Å². The maximum atomic E-state index is 10.8. The quantitative estimate of drug-likeness (QED) is 0.0945. The molecule has 0 aliphatic carbocycles. The first-order valence-corrected chi connectivity index (χ1v) is 19.7. The number of aryl methyl sites for hydroxylation is 1. The molecule has 1 heterocycles. The van der Waals surface area contributed by atoms with Crippen molar-refractivity contribution in [1.29, 1.82) is 0 Å². The highest BCUT2D eigenvalue weighted by Crippen LogP contribution is 2.40. The van der Waals surface area contributed by atoms with Gasteiger partial charge in [-0.15, -0.1) is 0 Å². The monoisotopic (exact) mass is 748 g/mol. The van der Waals surface area contributed by atoms with Crippen LogP contribution in [0.25, 0.3) is 0 Å². The molecule has 1 saturated heterocycles. The second-order valence-corrected chi connectivity index (χ2v) is 14.4. The molecule has 1 aliphatic heterocycles. The average molecular weight is 749 g/mol. The SMILES string of the molecule is CCc1ccc(Cc2ccc(CO)c([C@@H]3O[C@H](COCc4ccccc4)[C@@H](OCc4ccccc4)[C@H](OCc4ccccc4)[C@H]3OCc3ccccc3)c2)cc1. The van der Waals surface area contributed by atoms with Gasteiger partial charge in [0.1, 0.15) is 30.5 Å². The smallest absolute Gasteiger partial charge is 0.117 e. The van der Waals surface area contributed by atoms with E-state index in [1.807, 2.05) is 78.9 Å². The van der Waals surface area contributed by atoms with Crippen molar-refractivity contribution < 1.29 is 28.8 Å². The van der Waals surface area contributed by atoms with Crippen molar-refractivity contribution in [1.82, 2.24) is 0 Å². The van der Waals surface area contributed by atoms with Crippen molar-refractivity contribution in [2.45, 2.75) is 83.3 Å². The molecule has 6 aromatic carbocycles. The molecule has 1 aliphatic rings. The molecule has 0 amide bonds. The highest BCUT2D eigenvalue weighted by atomic mass is 16.6. The van der Waals surface area contributed by atoms with E-state index in [0.29, 0.717) is 26.4 Å². The van der Waals surface area contributed by atoms with Crippen LogP contribution in [0.4, 0.5) is 0 Å². The lowest BCUT2D eigenvalue weighted by molar-refractivity contribution is -0.275. The number of rotatable bonds is 18. The number of ether oxygens (including phenoxy) is 5. The number of hydrogen-bond donors (Lipinski definition) is 1. The molecule has 288 valence electrons. The Morgan fingerprint density at radius 2 is 0.946 bits per heavy atom. The molecule has 0 bridgehead atoms. The Morgan fingerprint density at radius 3 is 1.46 bits per heavy atom. The minimum absolute atomic E-state index is 0.148. The Bertz CT molecular complexity index is 2020. The first-order valence-electron chi connectivity index (χ1n) is 19.7. The van der Waals surface area contributed by atoms with Crippen LogP contribution >= 0.6 is 0 Å². The minimum atomic E-state index is -0.606. The molecule has 7 rings (SSSR count). The van der Waals surface area contributed by atoms with E-state index in [4.69, 9.17) is 23.7 Å². The Morgan fingerprint density at radius 1 is 0.482 bits per heavy atom. The molecule has 0 aromatic heterocycles. The first-order chi connectivity index (χ1) is 27.7. The summed E-state index contributed by atoms with van der Waals surface area (Å²) in [5.41, 5.74) is 9.50. The molecular weight excluding hydrogens is 697 g/mol. The van der Waals surface area contributed by atoms with E-state index in [-0.39, 0.29) is 13.2 Å². The van der Waals surface area contributed by atoms with Crippen molar-refractivity contribution in [3.8, 4) is 0 Å². The van der Waals surface area contributed by atoms with Crippen LogP contribution in [0, 0.1) is 0 Å². The highest BCUT2D eigenvalue weighted by Gasteiger charge is 2.49. The van der Waals surface area contributed by atoms with Crippen LogP contribution in [0.1, 0.15) is 63.1 Å². The molecule has 0 radical (unpaired) electrons. The standard InChI is InChI=1S/C50H52O6/c1-2-37-23-25-38(26-24-37)29-43-27-28-44(31-51)45(30-43)47-49(54-34-41-19-11-5-12-20-41)50(55-35-42-21-13-6-14-22-42)48(53-33-40-17-9-4-10-18-40)46(56-47)36-52-32-39-15-7-3-8-16-39/h3-28,30,46-51H,2,29,31-36H2,1H3/t46-,47+,48-,49+,50+/m1/s1. The lowest BCUT2D eigenvalue weighted by atomic mass is 9.87. The van der Waals surface area contributed by atoms with Crippen LogP contribution in [0.15, 0.2) is 164 Å². The molecule has 6 heteroatoms. The van der Waals surface area contributed by atoms with Gasteiger partial charge >= 0.3 is 0 Å². The molecular formula is C50H52O6. The summed E-state index contributed by atoms with van der Waals surface area (Å²) in [6.45, 7) is 3.77. The summed E-state index contributed by atoms with van der Waals surface area (Å²) >= 11 is 0. The summed E-state index contributed by atoms with van der Waals surface area (Å²) in [6, 6.07) is 55.7. The molecule has 1 fully saturated rings. The van der Waals surface area contributed by atoms with Gasteiger partial charge in [-0.3, -0.25) is 0 Å². The van der Waals surface area contributed by atoms with E-state index < -0.39 is 30.5 Å². The third-order valence-corrected chi connectivity index (χ3v) is 10.4. The van der Waals surface area contributed by atoms with E-state index in [1.54, 1.807) is 0 Å². The predicted octanol–water partition coefficient (Wildman–Crippen LogP) is 9.74. The first kappa shape index (κ1) is 39.3. The van der Waals surface area contributed by atoms with Crippen molar-refractivity contribution in [3.63, 3.8) is 0 Å². The van der Waals surface area contributed by atoms with Gasteiger partial charge in [0.15, 0.2) is 0 Å². The summed E-state index contributed by atoms with van der Waals surface area (Å²) in [5.74, 6) is 0. The topological polar surface area (TPSA) is 66.4 Å². The zero-order valence-corrected chi connectivity index (χ0v) is 32.1. The third-order valence-electron chi connectivity index (χ3n) is 10.4. The average Bonchev–Trinajstić information content (AvgIpc) is 3.26. The third kappa shape index (κ3) is 10.7. The van der Waals surface area contributed by atoms with Crippen molar-refractivity contribution in [2.75, 3.05) is 6.61 Å². The Kier molecular flexibility index (Phi) is 14.3. The number of aliphatic hydroxyl groups excluding tert-OH is 1. The number of hydrogen-bond acceptors (Lipinski definition) is 6. The zero-order valence-electron chi connectivity index (χ0n) is 32.1. The molecule has 56 heavy (non-hydrogen) atoms. The van der Waals surface area contributed by atoms with E-state index in [1.165, 1.54) is 11.1 Å². The van der Waals surface area contributed by atoms with E-state index >= 15 is 0 Å². The second-order valence-electron chi connectivity index (χ2n) is 14.4. The van der Waals surface area contributed by atoms with Gasteiger partial charge in [0, 0.05) is 0 Å². The van der Waals surface area contributed by atoms with Gasteiger partial charge < -0.3 is 28.8 Å². The van der Waals surface area contributed by atoms with Crippen LogP contribution in [-0.2, 0) is 69.6 Å². The van der Waals surface area contributed by atoms with Crippen molar-refractivity contribution in [2.24, 2.45) is 0 Å². The summed E-state index contributed by atoms with van der Waals surface area (Å²) in [7, 11) is 0. The maximum Gasteiger partial charge on any atom is 0.117 e. The lowest BCUT2D eigenvalue weighted by Crippen LogP contribution is -2.58. The van der Waals surface area contributed by atoms with E-state index in [0.717, 1.165) is 51.8 Å². The normalized spacial score (nSPS) is 19.5. The fourth-order valence-corrected chi connectivity index (χ4v) is 7.33. The van der Waals surface area contributed by atoms with Crippen molar-refractivity contribution >= 4 is 0 Å². The molecule has 0 saturated carbocycles. The molecule has 6 aromatic rings. The molecule has 0 unspecified atom stereocenters. The fraction of sp³-hybridized carbons (Fsp3) is 0.280. The van der Waals surface area contributed by atoms with Gasteiger partial charge in [-0.1, -0.05) is 171 Å². The highest BCUT2D eigenvalue weighted by molar-refractivity contribution is 5.38. The Hall–Kier alpha value is -4.92. The van der Waals surface area contributed by atoms with Gasteiger partial charge in [0.2, 0.25) is 0 Å². The lowest BCUT2D eigenvalue weighted by Gasteiger charge is -2.47. The van der Waals surface area contributed by atoms with Gasteiger partial charge in [-0.05, 0) is 62.9 Å². The summed E-state index contributed by atoms with van der Waals surface area (Å²) < 4.78 is 34.5. The molecule has 0 spiro atoms. The summed E-state index contributed by atoms with van der Waals surface area (Å²) in [5, 5.41) is 10.8. The van der Waals surface area contributed by atoms with Crippen LogP contribution in [0.2, 0.25) is 0 Å². The van der Waals surface area contributed by atoms with E-state index in [9.17, 15) is 5.11 Å². The molecule has 1 N–H and O–H groups in total. The van der Waals surface area contributed by atoms with Gasteiger partial charge in [0.05, 0.1) is 39.6 Å². The van der Waals surface area contributed by atoms with E-state index in [2.05, 4.69) is 91.9 Å². The van der Waals surface area contributed by atoms with Crippen LogP contribution in [0.5, 0.6) is 0 Å². The van der Waals surface area contributed by atoms with Crippen LogP contribution < -0.4 is 0 Å². The maximum absolute atomic E-state index is 10.8. The Balaban J connectivity index is 1.28. The van der Waals surface area contributed by atoms with Gasteiger partial charge in [0.25, 0.3) is 0 Å². The summed E-state index contributed by atoms with van der Waals surface area (Å²) in [6.07, 6.45) is -1.11. The predicted molar refractivity (Wildman–Crippen MR) is 220 cm³/mol. The van der Waals surface area contributed by atoms with Gasteiger partial charge in [-0.25, -0.2) is 0 Å². The van der Waals surface area contributed by atoms with Gasteiger partial charge in [-0.2, -0.15) is 0 Å². The van der Waals surface area contributed by atoms with Crippen LogP contribution in [0.3, 0.4) is 0 Å². The fourth-order valence-electron chi connectivity index (χ4n) is 7.33. The van der Waals surface area contributed by atoms with Crippen LogP contribution in [-0.4, -0.2) is 36.1 Å². The number of aliphatic hydroxyl groups is 1. The molecule has 6 nitrogen and oxygen atoms in total. The largest absolute Gasteiger partial charge is 0.392 e.